The van der Waals surface area contributed by atoms with Gasteiger partial charge in [0.1, 0.15) is 0 Å². The van der Waals surface area contributed by atoms with Crippen LogP contribution >= 0.6 is 11.6 Å². The molecular weight excluding hydrogens is 264 g/mol. The molecule has 1 fully saturated rings. The molecule has 6 heteroatoms. The summed E-state index contributed by atoms with van der Waals surface area (Å²) in [6.07, 6.45) is 3.69. The minimum absolute atomic E-state index is 0.0546. The number of aromatic nitrogens is 2. The maximum atomic E-state index is 6.41. The van der Waals surface area contributed by atoms with Gasteiger partial charge in [0.15, 0.2) is 0 Å². The summed E-state index contributed by atoms with van der Waals surface area (Å²) in [7, 11) is 4.09. The predicted octanol–water partition coefficient (Wildman–Crippen LogP) is 1.52. The van der Waals surface area contributed by atoms with Crippen molar-refractivity contribution in [2.24, 2.45) is 11.7 Å². The lowest BCUT2D eigenvalue weighted by Crippen LogP contribution is -2.30. The van der Waals surface area contributed by atoms with Gasteiger partial charge in [-0.25, -0.2) is 0 Å². The predicted molar refractivity (Wildman–Crippen MR) is 76.3 cm³/mol. The Morgan fingerprint density at radius 3 is 2.84 bits per heavy atom. The minimum Gasteiger partial charge on any atom is -0.381 e. The number of nitrogens with zero attached hydrogens (tertiary/aromatic N) is 3. The summed E-state index contributed by atoms with van der Waals surface area (Å²) < 4.78 is 7.34. The highest BCUT2D eigenvalue weighted by atomic mass is 35.5. The smallest absolute Gasteiger partial charge is 0.0834 e. The Kier molecular flexibility index (Phi) is 5.21. The molecule has 1 aromatic heterocycles. The Labute approximate surface area is 119 Å². The molecule has 0 bridgehead atoms. The van der Waals surface area contributed by atoms with Crippen molar-refractivity contribution in [1.82, 2.24) is 14.7 Å². The van der Waals surface area contributed by atoms with Gasteiger partial charge in [-0.2, -0.15) is 5.10 Å². The molecule has 0 aromatic carbocycles. The number of ether oxygens (including phenoxy) is 1. The number of halogens is 1. The van der Waals surface area contributed by atoms with E-state index in [1.54, 1.807) is 6.20 Å². The van der Waals surface area contributed by atoms with Gasteiger partial charge in [0.25, 0.3) is 0 Å². The van der Waals surface area contributed by atoms with Crippen LogP contribution in [0, 0.1) is 5.92 Å². The lowest BCUT2D eigenvalue weighted by Gasteiger charge is -2.28. The summed E-state index contributed by atoms with van der Waals surface area (Å²) in [6, 6.07) is -0.0546. The maximum Gasteiger partial charge on any atom is 0.0834 e. The van der Waals surface area contributed by atoms with Crippen molar-refractivity contribution in [1.29, 1.82) is 0 Å². The Morgan fingerprint density at radius 1 is 1.53 bits per heavy atom. The van der Waals surface area contributed by atoms with Gasteiger partial charge in [-0.05, 0) is 32.9 Å². The average molecular weight is 287 g/mol. The number of rotatable bonds is 5. The van der Waals surface area contributed by atoms with E-state index in [-0.39, 0.29) is 6.04 Å². The molecule has 0 radical (unpaired) electrons. The number of hydrogen-bond donors (Lipinski definition) is 1. The Balaban J connectivity index is 2.10. The van der Waals surface area contributed by atoms with Crippen LogP contribution in [0.1, 0.15) is 24.6 Å². The first kappa shape index (κ1) is 14.8. The van der Waals surface area contributed by atoms with E-state index in [0.717, 1.165) is 44.8 Å². The van der Waals surface area contributed by atoms with Crippen molar-refractivity contribution in [2.75, 3.05) is 33.9 Å². The van der Waals surface area contributed by atoms with E-state index in [1.165, 1.54) is 0 Å². The molecule has 1 aromatic rings. The van der Waals surface area contributed by atoms with Gasteiger partial charge >= 0.3 is 0 Å². The van der Waals surface area contributed by atoms with Crippen molar-refractivity contribution in [3.8, 4) is 0 Å². The summed E-state index contributed by atoms with van der Waals surface area (Å²) in [5, 5.41) is 5.03. The molecule has 0 spiro atoms. The Bertz CT molecular complexity index is 401. The van der Waals surface area contributed by atoms with Crippen LogP contribution in [-0.4, -0.2) is 48.5 Å². The third-order valence-corrected chi connectivity index (χ3v) is 3.97. The molecular formula is C13H23ClN4O. The maximum absolute atomic E-state index is 6.41. The van der Waals surface area contributed by atoms with Gasteiger partial charge in [-0.1, -0.05) is 11.6 Å². The molecule has 0 saturated carbocycles. The Hall–Kier alpha value is -0.620. The number of nitrogens with two attached hydrogens (primary N) is 1. The molecule has 1 aliphatic heterocycles. The summed E-state index contributed by atoms with van der Waals surface area (Å²) in [5.41, 5.74) is 7.38. The fraction of sp³-hybridized carbons (Fsp3) is 0.769. The summed E-state index contributed by atoms with van der Waals surface area (Å²) >= 11 is 6.27. The van der Waals surface area contributed by atoms with E-state index >= 15 is 0 Å². The third kappa shape index (κ3) is 3.69. The van der Waals surface area contributed by atoms with Gasteiger partial charge < -0.3 is 15.4 Å². The fourth-order valence-electron chi connectivity index (χ4n) is 2.47. The first-order chi connectivity index (χ1) is 9.09. The van der Waals surface area contributed by atoms with Gasteiger partial charge in [0, 0.05) is 19.8 Å². The first-order valence-corrected chi connectivity index (χ1v) is 7.16. The van der Waals surface area contributed by atoms with Gasteiger partial charge in [-0.3, -0.25) is 4.68 Å². The average Bonchev–Trinajstić information content (AvgIpc) is 2.78. The highest BCUT2D eigenvalue weighted by Crippen LogP contribution is 2.31. The highest BCUT2D eigenvalue weighted by molar-refractivity contribution is 6.31. The molecule has 2 heterocycles. The fourth-order valence-corrected chi connectivity index (χ4v) is 2.74. The van der Waals surface area contributed by atoms with Crippen LogP contribution in [0.4, 0.5) is 0 Å². The normalized spacial score (nSPS) is 19.0. The molecule has 1 saturated heterocycles. The zero-order valence-electron chi connectivity index (χ0n) is 11.7. The van der Waals surface area contributed by atoms with Crippen LogP contribution in [0.25, 0.3) is 0 Å². The van der Waals surface area contributed by atoms with Crippen LogP contribution in [0.3, 0.4) is 0 Å². The lowest BCUT2D eigenvalue weighted by atomic mass is 9.90. The van der Waals surface area contributed by atoms with Crippen LogP contribution in [0.15, 0.2) is 6.20 Å². The quantitative estimate of drug-likeness (QED) is 0.892. The number of likely N-dealkylation sites (N-methyl/N-ethyl adjacent to an activating group) is 1. The topological polar surface area (TPSA) is 56.3 Å². The van der Waals surface area contributed by atoms with Crippen LogP contribution in [0.5, 0.6) is 0 Å². The molecule has 1 unspecified atom stereocenters. The second kappa shape index (κ2) is 6.70. The molecule has 1 atom stereocenters. The summed E-state index contributed by atoms with van der Waals surface area (Å²) in [4.78, 5) is 2.12. The monoisotopic (exact) mass is 286 g/mol. The highest BCUT2D eigenvalue weighted by Gasteiger charge is 2.27. The van der Waals surface area contributed by atoms with E-state index in [4.69, 9.17) is 22.1 Å². The second-order valence-corrected chi connectivity index (χ2v) is 5.79. The molecule has 0 aliphatic carbocycles. The first-order valence-electron chi connectivity index (χ1n) is 6.79. The largest absolute Gasteiger partial charge is 0.381 e. The summed E-state index contributed by atoms with van der Waals surface area (Å²) in [5.74, 6) is 0.432. The van der Waals surface area contributed by atoms with E-state index in [0.29, 0.717) is 10.9 Å². The van der Waals surface area contributed by atoms with Crippen LogP contribution in [0.2, 0.25) is 5.02 Å². The molecule has 19 heavy (non-hydrogen) atoms. The van der Waals surface area contributed by atoms with E-state index < -0.39 is 0 Å². The van der Waals surface area contributed by atoms with Crippen molar-refractivity contribution >= 4 is 11.6 Å². The molecule has 108 valence electrons. The molecule has 2 N–H and O–H groups in total. The van der Waals surface area contributed by atoms with Gasteiger partial charge in [0.05, 0.1) is 29.5 Å². The van der Waals surface area contributed by atoms with Crippen LogP contribution in [-0.2, 0) is 11.3 Å². The van der Waals surface area contributed by atoms with Crippen LogP contribution < -0.4 is 5.73 Å². The molecule has 1 aliphatic rings. The number of hydrogen-bond acceptors (Lipinski definition) is 4. The van der Waals surface area contributed by atoms with E-state index in [1.807, 2.05) is 18.8 Å². The molecule has 5 nitrogen and oxygen atoms in total. The van der Waals surface area contributed by atoms with Gasteiger partial charge in [0.2, 0.25) is 0 Å². The Morgan fingerprint density at radius 2 is 2.21 bits per heavy atom. The molecule has 2 rings (SSSR count). The standard InChI is InChI=1S/C13H23ClN4O/c1-17(2)5-6-18-13(11(14)9-16-18)12(15)10-3-7-19-8-4-10/h9-10,12H,3-8,15H2,1-2H3. The molecule has 0 amide bonds. The second-order valence-electron chi connectivity index (χ2n) is 5.38. The van der Waals surface area contributed by atoms with E-state index in [2.05, 4.69) is 10.00 Å². The zero-order valence-corrected chi connectivity index (χ0v) is 12.4. The summed E-state index contributed by atoms with van der Waals surface area (Å²) in [6.45, 7) is 3.32. The van der Waals surface area contributed by atoms with Crippen molar-refractivity contribution in [3.05, 3.63) is 16.9 Å². The lowest BCUT2D eigenvalue weighted by molar-refractivity contribution is 0.0574. The zero-order chi connectivity index (χ0) is 13.8. The van der Waals surface area contributed by atoms with E-state index in [9.17, 15) is 0 Å². The SMILES string of the molecule is CN(C)CCn1ncc(Cl)c1C(N)C1CCOCC1. The minimum atomic E-state index is -0.0546. The van der Waals surface area contributed by atoms with Crippen molar-refractivity contribution in [3.63, 3.8) is 0 Å². The van der Waals surface area contributed by atoms with Crippen molar-refractivity contribution < 1.29 is 4.74 Å². The van der Waals surface area contributed by atoms with Crippen molar-refractivity contribution in [2.45, 2.75) is 25.4 Å². The third-order valence-electron chi connectivity index (χ3n) is 3.68. The van der Waals surface area contributed by atoms with Gasteiger partial charge in [-0.15, -0.1) is 0 Å².